The lowest BCUT2D eigenvalue weighted by Gasteiger charge is -2.06. The van der Waals surface area contributed by atoms with Crippen molar-refractivity contribution in [2.45, 2.75) is 6.92 Å². The van der Waals surface area contributed by atoms with Crippen molar-refractivity contribution in [2.24, 2.45) is 0 Å². The van der Waals surface area contributed by atoms with Crippen LogP contribution >= 0.6 is 11.3 Å². The van der Waals surface area contributed by atoms with Crippen LogP contribution in [-0.4, -0.2) is 21.5 Å². The van der Waals surface area contributed by atoms with E-state index in [0.717, 1.165) is 22.6 Å². The topological polar surface area (TPSA) is 56.5 Å². The molecule has 0 saturated heterocycles. The molecule has 4 rings (SSSR count). The Morgan fingerprint density at radius 1 is 1.15 bits per heavy atom. The van der Waals surface area contributed by atoms with Crippen molar-refractivity contribution in [2.75, 3.05) is 7.11 Å². The molecule has 0 spiro atoms. The lowest BCUT2D eigenvalue weighted by atomic mass is 10.1. The maximum atomic E-state index is 13.0. The molecule has 0 aliphatic rings. The van der Waals surface area contributed by atoms with Crippen molar-refractivity contribution in [1.82, 2.24) is 14.4 Å². The Bertz CT molecular complexity index is 1180. The molecule has 0 radical (unpaired) electrons. The van der Waals surface area contributed by atoms with Crippen LogP contribution in [-0.2, 0) is 0 Å². The number of benzene rings is 1. The number of thiazole rings is 1. The molecule has 0 saturated carbocycles. The molecule has 0 unspecified atom stereocenters. The van der Waals surface area contributed by atoms with Gasteiger partial charge in [0.2, 0.25) is 0 Å². The SMILES string of the molecule is COc1ccc(-c2csc3nc(C=Cc4cccnc4)c(C)c(=O)n23)cc1. The minimum atomic E-state index is -0.0575. The fourth-order valence-electron chi connectivity index (χ4n) is 2.82. The molecule has 1 aromatic carbocycles. The molecule has 6 heteroatoms. The molecule has 0 aliphatic carbocycles. The number of rotatable bonds is 4. The molecule has 0 fully saturated rings. The van der Waals surface area contributed by atoms with E-state index in [4.69, 9.17) is 4.74 Å². The second kappa shape index (κ2) is 7.17. The summed E-state index contributed by atoms with van der Waals surface area (Å²) in [4.78, 5) is 22.4. The van der Waals surface area contributed by atoms with E-state index < -0.39 is 0 Å². The third-order valence-corrected chi connectivity index (χ3v) is 5.16. The predicted octanol–water partition coefficient (Wildman–Crippen LogP) is 4.31. The van der Waals surface area contributed by atoms with E-state index in [9.17, 15) is 4.79 Å². The number of hydrogen-bond acceptors (Lipinski definition) is 5. The van der Waals surface area contributed by atoms with E-state index in [1.54, 1.807) is 30.8 Å². The van der Waals surface area contributed by atoms with Gasteiger partial charge in [-0.25, -0.2) is 4.98 Å². The monoisotopic (exact) mass is 375 g/mol. The molecule has 3 aromatic heterocycles. The summed E-state index contributed by atoms with van der Waals surface area (Å²) in [5.41, 5.74) is 3.97. The van der Waals surface area contributed by atoms with E-state index in [1.807, 2.05) is 53.9 Å². The summed E-state index contributed by atoms with van der Waals surface area (Å²) in [6.07, 6.45) is 7.27. The summed E-state index contributed by atoms with van der Waals surface area (Å²) >= 11 is 1.45. The summed E-state index contributed by atoms with van der Waals surface area (Å²) in [5.74, 6) is 0.780. The maximum absolute atomic E-state index is 13.0. The fourth-order valence-corrected chi connectivity index (χ4v) is 3.72. The molecule has 0 bridgehead atoms. The summed E-state index contributed by atoms with van der Waals surface area (Å²) in [6, 6.07) is 11.5. The quantitative estimate of drug-likeness (QED) is 0.533. The number of ether oxygens (including phenoxy) is 1. The van der Waals surface area contributed by atoms with E-state index >= 15 is 0 Å². The molecule has 0 amide bonds. The minimum absolute atomic E-state index is 0.0575. The van der Waals surface area contributed by atoms with E-state index in [2.05, 4.69) is 9.97 Å². The lowest BCUT2D eigenvalue weighted by Crippen LogP contribution is -2.18. The summed E-state index contributed by atoms with van der Waals surface area (Å²) in [7, 11) is 1.63. The Kier molecular flexibility index (Phi) is 4.56. The summed E-state index contributed by atoms with van der Waals surface area (Å²) in [5, 5.41) is 1.96. The zero-order chi connectivity index (χ0) is 18.8. The molecular weight excluding hydrogens is 358 g/mol. The number of nitrogens with zero attached hydrogens (tertiary/aromatic N) is 3. The van der Waals surface area contributed by atoms with E-state index in [1.165, 1.54) is 11.3 Å². The van der Waals surface area contributed by atoms with Gasteiger partial charge in [0.05, 0.1) is 18.5 Å². The van der Waals surface area contributed by atoms with Crippen molar-refractivity contribution in [3.05, 3.63) is 81.3 Å². The van der Waals surface area contributed by atoms with E-state index in [0.29, 0.717) is 16.2 Å². The first-order valence-electron chi connectivity index (χ1n) is 8.41. The van der Waals surface area contributed by atoms with Crippen molar-refractivity contribution >= 4 is 28.4 Å². The van der Waals surface area contributed by atoms with Crippen LogP contribution in [0.1, 0.15) is 16.8 Å². The van der Waals surface area contributed by atoms with Crippen molar-refractivity contribution in [1.29, 1.82) is 0 Å². The van der Waals surface area contributed by atoms with Gasteiger partial charge in [-0.1, -0.05) is 12.1 Å². The second-order valence-corrected chi connectivity index (χ2v) is 6.85. The average Bonchev–Trinajstić information content (AvgIpc) is 3.14. The van der Waals surface area contributed by atoms with Crippen LogP contribution in [0.15, 0.2) is 59.0 Å². The minimum Gasteiger partial charge on any atom is -0.497 e. The Morgan fingerprint density at radius 3 is 2.67 bits per heavy atom. The largest absolute Gasteiger partial charge is 0.497 e. The first-order valence-corrected chi connectivity index (χ1v) is 9.29. The number of methoxy groups -OCH3 is 1. The maximum Gasteiger partial charge on any atom is 0.262 e. The Morgan fingerprint density at radius 2 is 1.96 bits per heavy atom. The third-order valence-electron chi connectivity index (χ3n) is 4.34. The molecule has 0 atom stereocenters. The predicted molar refractivity (Wildman–Crippen MR) is 109 cm³/mol. The van der Waals surface area contributed by atoms with E-state index in [-0.39, 0.29) is 5.56 Å². The molecule has 134 valence electrons. The highest BCUT2D eigenvalue weighted by molar-refractivity contribution is 7.15. The average molecular weight is 375 g/mol. The zero-order valence-corrected chi connectivity index (χ0v) is 15.7. The normalized spacial score (nSPS) is 11.3. The van der Waals surface area contributed by atoms with Gasteiger partial charge in [0.25, 0.3) is 5.56 Å². The summed E-state index contributed by atoms with van der Waals surface area (Å²) in [6.45, 7) is 1.81. The van der Waals surface area contributed by atoms with Gasteiger partial charge in [0.1, 0.15) is 5.75 Å². The van der Waals surface area contributed by atoms with Gasteiger partial charge in [-0.15, -0.1) is 11.3 Å². The number of pyridine rings is 1. The van der Waals surface area contributed by atoms with Gasteiger partial charge in [-0.3, -0.25) is 14.2 Å². The van der Waals surface area contributed by atoms with Crippen molar-refractivity contribution < 1.29 is 4.74 Å². The van der Waals surface area contributed by atoms with Gasteiger partial charge < -0.3 is 4.74 Å². The van der Waals surface area contributed by atoms with Gasteiger partial charge in [-0.2, -0.15) is 0 Å². The number of hydrogen-bond donors (Lipinski definition) is 0. The van der Waals surface area contributed by atoms with Crippen LogP contribution in [0.25, 0.3) is 28.4 Å². The highest BCUT2D eigenvalue weighted by Gasteiger charge is 2.13. The van der Waals surface area contributed by atoms with Crippen molar-refractivity contribution in [3.8, 4) is 17.0 Å². The summed E-state index contributed by atoms with van der Waals surface area (Å²) < 4.78 is 6.88. The van der Waals surface area contributed by atoms with Crippen LogP contribution in [0.3, 0.4) is 0 Å². The van der Waals surface area contributed by atoms with Crippen LogP contribution in [0.5, 0.6) is 5.75 Å². The van der Waals surface area contributed by atoms with Crippen LogP contribution < -0.4 is 10.3 Å². The lowest BCUT2D eigenvalue weighted by molar-refractivity contribution is 0.415. The molecule has 27 heavy (non-hydrogen) atoms. The van der Waals surface area contributed by atoms with Crippen LogP contribution in [0.2, 0.25) is 0 Å². The van der Waals surface area contributed by atoms with Gasteiger partial charge in [0.15, 0.2) is 4.96 Å². The Balaban J connectivity index is 1.79. The second-order valence-electron chi connectivity index (χ2n) is 6.01. The number of aromatic nitrogens is 3. The first-order chi connectivity index (χ1) is 13.2. The molecular formula is C21H17N3O2S. The molecule has 3 heterocycles. The smallest absolute Gasteiger partial charge is 0.262 e. The zero-order valence-electron chi connectivity index (χ0n) is 14.9. The Labute approximate surface area is 160 Å². The highest BCUT2D eigenvalue weighted by atomic mass is 32.1. The standard InChI is InChI=1S/C21H17N3O2S/c1-14-18(10-5-15-4-3-11-22-12-15)23-21-24(20(14)25)19(13-27-21)16-6-8-17(26-2)9-7-16/h3-13H,1-2H3. The van der Waals surface area contributed by atoms with Gasteiger partial charge >= 0.3 is 0 Å². The molecule has 5 nitrogen and oxygen atoms in total. The molecule has 0 N–H and O–H groups in total. The first kappa shape index (κ1) is 17.2. The third kappa shape index (κ3) is 3.27. The van der Waals surface area contributed by atoms with Gasteiger partial charge in [0, 0.05) is 23.3 Å². The van der Waals surface area contributed by atoms with Crippen molar-refractivity contribution in [3.63, 3.8) is 0 Å². The highest BCUT2D eigenvalue weighted by Crippen LogP contribution is 2.26. The van der Waals surface area contributed by atoms with Crippen LogP contribution in [0.4, 0.5) is 0 Å². The molecule has 4 aromatic rings. The van der Waals surface area contributed by atoms with Crippen LogP contribution in [0, 0.1) is 6.92 Å². The Hall–Kier alpha value is -3.25. The number of fused-ring (bicyclic) bond motifs is 1. The van der Waals surface area contributed by atoms with Gasteiger partial charge in [-0.05, 0) is 54.5 Å². The molecule has 0 aliphatic heterocycles. The fraction of sp³-hybridized carbons (Fsp3) is 0.0952.